The van der Waals surface area contributed by atoms with E-state index in [9.17, 15) is 14.9 Å². The molecule has 0 N–H and O–H groups in total. The van der Waals surface area contributed by atoms with Crippen LogP contribution in [0.2, 0.25) is 0 Å². The molecule has 3 rings (SSSR count). The van der Waals surface area contributed by atoms with Gasteiger partial charge in [0.05, 0.1) is 23.4 Å². The van der Waals surface area contributed by atoms with Gasteiger partial charge in [-0.25, -0.2) is 14.3 Å². The zero-order valence-corrected chi connectivity index (χ0v) is 12.2. The van der Waals surface area contributed by atoms with Crippen LogP contribution in [0.15, 0.2) is 42.7 Å². The van der Waals surface area contributed by atoms with Gasteiger partial charge >= 0.3 is 5.97 Å². The summed E-state index contributed by atoms with van der Waals surface area (Å²) in [5.41, 5.74) is 1.94. The summed E-state index contributed by atoms with van der Waals surface area (Å²) in [6.45, 7) is 1.98. The van der Waals surface area contributed by atoms with E-state index in [1.165, 1.54) is 22.8 Å². The summed E-state index contributed by atoms with van der Waals surface area (Å²) in [6, 6.07) is 7.75. The van der Waals surface area contributed by atoms with Crippen molar-refractivity contribution in [2.75, 3.05) is 6.61 Å². The van der Waals surface area contributed by atoms with Crippen molar-refractivity contribution < 1.29 is 14.5 Å². The Morgan fingerprint density at radius 3 is 2.70 bits per heavy atom. The number of nitrogens with zero attached hydrogens (tertiary/aromatic N) is 4. The van der Waals surface area contributed by atoms with Crippen LogP contribution in [0.3, 0.4) is 0 Å². The van der Waals surface area contributed by atoms with Gasteiger partial charge in [-0.05, 0) is 25.1 Å². The lowest BCUT2D eigenvalue weighted by atomic mass is 10.1. The number of nitro groups is 1. The summed E-state index contributed by atoms with van der Waals surface area (Å²) in [6.07, 6.45) is 3.07. The van der Waals surface area contributed by atoms with Gasteiger partial charge in [0.1, 0.15) is 5.56 Å². The normalized spacial score (nSPS) is 10.7. The molecule has 8 heteroatoms. The number of ether oxygens (including phenoxy) is 1. The molecule has 1 aromatic carbocycles. The highest BCUT2D eigenvalue weighted by molar-refractivity contribution is 5.95. The topological polar surface area (TPSA) is 99.6 Å². The smallest absolute Gasteiger partial charge is 0.343 e. The van der Waals surface area contributed by atoms with Gasteiger partial charge in [-0.1, -0.05) is 0 Å². The highest BCUT2D eigenvalue weighted by Gasteiger charge is 2.16. The molecule has 0 spiro atoms. The number of esters is 1. The summed E-state index contributed by atoms with van der Waals surface area (Å²) in [5.74, 6) is -0.490. The predicted octanol–water partition coefficient (Wildman–Crippen LogP) is 2.48. The van der Waals surface area contributed by atoms with E-state index in [0.29, 0.717) is 16.9 Å². The lowest BCUT2D eigenvalue weighted by molar-refractivity contribution is -0.384. The molecule has 0 amide bonds. The van der Waals surface area contributed by atoms with Gasteiger partial charge in [-0.15, -0.1) is 0 Å². The van der Waals surface area contributed by atoms with Gasteiger partial charge < -0.3 is 4.74 Å². The van der Waals surface area contributed by atoms with E-state index < -0.39 is 10.9 Å². The molecular formula is C15H12N4O4. The maximum atomic E-state index is 11.9. The van der Waals surface area contributed by atoms with Crippen LogP contribution in [-0.4, -0.2) is 32.1 Å². The van der Waals surface area contributed by atoms with Gasteiger partial charge in [0.25, 0.3) is 5.69 Å². The second-order valence-corrected chi connectivity index (χ2v) is 4.66. The molecule has 0 bridgehead atoms. The number of non-ortho nitro benzene ring substituents is 1. The van der Waals surface area contributed by atoms with Crippen molar-refractivity contribution in [3.63, 3.8) is 0 Å². The Balaban J connectivity index is 2.03. The Morgan fingerprint density at radius 2 is 2.04 bits per heavy atom. The van der Waals surface area contributed by atoms with Crippen molar-refractivity contribution in [1.82, 2.24) is 14.6 Å². The van der Waals surface area contributed by atoms with Crippen LogP contribution in [0.1, 0.15) is 17.3 Å². The Bertz CT molecular complexity index is 886. The van der Waals surface area contributed by atoms with Crippen molar-refractivity contribution in [3.05, 3.63) is 58.4 Å². The Hall–Kier alpha value is -3.29. The van der Waals surface area contributed by atoms with E-state index in [1.54, 1.807) is 31.3 Å². The minimum atomic E-state index is -0.490. The number of carbonyl (C=O) groups is 1. The lowest BCUT2D eigenvalue weighted by Gasteiger charge is -2.03. The third kappa shape index (κ3) is 2.73. The summed E-state index contributed by atoms with van der Waals surface area (Å²) < 4.78 is 6.45. The van der Waals surface area contributed by atoms with Crippen LogP contribution in [-0.2, 0) is 4.74 Å². The van der Waals surface area contributed by atoms with E-state index in [0.717, 1.165) is 0 Å². The van der Waals surface area contributed by atoms with Crippen molar-refractivity contribution in [2.24, 2.45) is 0 Å². The zero-order valence-electron chi connectivity index (χ0n) is 12.2. The molecule has 0 fully saturated rings. The van der Waals surface area contributed by atoms with Crippen LogP contribution in [0.25, 0.3) is 16.9 Å². The second-order valence-electron chi connectivity index (χ2n) is 4.66. The molecule has 0 saturated carbocycles. The van der Waals surface area contributed by atoms with Gasteiger partial charge in [0, 0.05) is 23.9 Å². The number of hydrogen-bond acceptors (Lipinski definition) is 6. The molecule has 3 aromatic rings. The largest absolute Gasteiger partial charge is 0.462 e. The summed E-state index contributed by atoms with van der Waals surface area (Å²) in [4.78, 5) is 26.5. The van der Waals surface area contributed by atoms with Gasteiger partial charge in [-0.2, -0.15) is 5.10 Å². The fourth-order valence-electron chi connectivity index (χ4n) is 2.14. The van der Waals surface area contributed by atoms with E-state index >= 15 is 0 Å². The third-order valence-electron chi connectivity index (χ3n) is 3.24. The quantitative estimate of drug-likeness (QED) is 0.417. The van der Waals surface area contributed by atoms with E-state index in [2.05, 4.69) is 10.1 Å². The average Bonchev–Trinajstić information content (AvgIpc) is 2.98. The molecule has 23 heavy (non-hydrogen) atoms. The molecule has 0 aliphatic carbocycles. The van der Waals surface area contributed by atoms with Gasteiger partial charge in [0.15, 0.2) is 5.65 Å². The molecule has 116 valence electrons. The minimum Gasteiger partial charge on any atom is -0.462 e. The first kappa shape index (κ1) is 14.6. The minimum absolute atomic E-state index is 0.00592. The fraction of sp³-hybridized carbons (Fsp3) is 0.133. The SMILES string of the molecule is CCOC(=O)c1cnn2ccc(-c3ccc([N+](=O)[O-])cc3)nc12. The molecule has 2 heterocycles. The van der Waals surface area contributed by atoms with Crippen molar-refractivity contribution in [3.8, 4) is 11.3 Å². The molecule has 2 aromatic heterocycles. The number of benzene rings is 1. The number of nitro benzene ring substituents is 1. The molecule has 0 radical (unpaired) electrons. The first-order valence-corrected chi connectivity index (χ1v) is 6.86. The zero-order chi connectivity index (χ0) is 16.4. The van der Waals surface area contributed by atoms with E-state index in [-0.39, 0.29) is 17.9 Å². The predicted molar refractivity (Wildman–Crippen MR) is 81.0 cm³/mol. The first-order chi connectivity index (χ1) is 11.1. The molecule has 0 atom stereocenters. The van der Waals surface area contributed by atoms with E-state index in [1.807, 2.05) is 0 Å². The third-order valence-corrected chi connectivity index (χ3v) is 3.24. The van der Waals surface area contributed by atoms with Crippen LogP contribution in [0.4, 0.5) is 5.69 Å². The monoisotopic (exact) mass is 312 g/mol. The summed E-state index contributed by atoms with van der Waals surface area (Å²) in [5, 5.41) is 14.8. The fourth-order valence-corrected chi connectivity index (χ4v) is 2.14. The second kappa shape index (κ2) is 5.84. The van der Waals surface area contributed by atoms with Crippen LogP contribution in [0, 0.1) is 10.1 Å². The number of rotatable bonds is 4. The first-order valence-electron chi connectivity index (χ1n) is 6.86. The Morgan fingerprint density at radius 1 is 1.30 bits per heavy atom. The summed E-state index contributed by atoms with van der Waals surface area (Å²) in [7, 11) is 0. The molecule has 0 aliphatic heterocycles. The highest BCUT2D eigenvalue weighted by atomic mass is 16.6. The number of fused-ring (bicyclic) bond motifs is 1. The van der Waals surface area contributed by atoms with Crippen molar-refractivity contribution >= 4 is 17.3 Å². The Labute approximate surface area is 130 Å². The maximum Gasteiger partial charge on any atom is 0.343 e. The standard InChI is InChI=1S/C15H12N4O4/c1-2-23-15(20)12-9-16-18-8-7-13(17-14(12)18)10-3-5-11(6-4-10)19(21)22/h3-9H,2H2,1H3. The molecule has 0 saturated heterocycles. The van der Waals surface area contributed by atoms with Gasteiger partial charge in [-0.3, -0.25) is 10.1 Å². The molecule has 0 aliphatic rings. The molecule has 8 nitrogen and oxygen atoms in total. The van der Waals surface area contributed by atoms with Gasteiger partial charge in [0.2, 0.25) is 0 Å². The maximum absolute atomic E-state index is 11.9. The van der Waals surface area contributed by atoms with E-state index in [4.69, 9.17) is 4.74 Å². The molecule has 0 unspecified atom stereocenters. The number of carbonyl (C=O) groups excluding carboxylic acids is 1. The van der Waals surface area contributed by atoms with Crippen LogP contribution in [0.5, 0.6) is 0 Å². The molecular weight excluding hydrogens is 300 g/mol. The average molecular weight is 312 g/mol. The van der Waals surface area contributed by atoms with Crippen LogP contribution >= 0.6 is 0 Å². The lowest BCUT2D eigenvalue weighted by Crippen LogP contribution is -2.05. The highest BCUT2D eigenvalue weighted by Crippen LogP contribution is 2.22. The van der Waals surface area contributed by atoms with Crippen molar-refractivity contribution in [2.45, 2.75) is 6.92 Å². The Kier molecular flexibility index (Phi) is 3.71. The number of aromatic nitrogens is 3. The summed E-state index contributed by atoms with van der Waals surface area (Å²) >= 11 is 0. The van der Waals surface area contributed by atoms with Crippen molar-refractivity contribution in [1.29, 1.82) is 0 Å². The number of hydrogen-bond donors (Lipinski definition) is 0. The van der Waals surface area contributed by atoms with Crippen LogP contribution < -0.4 is 0 Å².